The fourth-order valence-electron chi connectivity index (χ4n) is 2.83. The van der Waals surface area contributed by atoms with Crippen LogP contribution >= 0.6 is 0 Å². The molecule has 0 saturated heterocycles. The van der Waals surface area contributed by atoms with Gasteiger partial charge in [-0.1, -0.05) is 54.6 Å². The molecular weight excluding hydrogens is 350 g/mol. The summed E-state index contributed by atoms with van der Waals surface area (Å²) in [6.45, 7) is 0.533. The van der Waals surface area contributed by atoms with E-state index < -0.39 is 0 Å². The SMILES string of the molecule is CN(C(=O)c1cccc(NC(=O)NCCc2ccccc2)c1)c1ccccc1. The van der Waals surface area contributed by atoms with Crippen LogP contribution in [0.2, 0.25) is 0 Å². The van der Waals surface area contributed by atoms with Crippen LogP contribution in [-0.2, 0) is 6.42 Å². The summed E-state index contributed by atoms with van der Waals surface area (Å²) < 4.78 is 0. The molecule has 5 heteroatoms. The van der Waals surface area contributed by atoms with Crippen LogP contribution in [0.4, 0.5) is 16.2 Å². The molecule has 0 atom stereocenters. The summed E-state index contributed by atoms with van der Waals surface area (Å²) in [5, 5.41) is 5.61. The molecule has 0 aliphatic carbocycles. The van der Waals surface area contributed by atoms with Gasteiger partial charge < -0.3 is 15.5 Å². The number of nitrogens with zero attached hydrogens (tertiary/aromatic N) is 1. The molecule has 3 amide bonds. The van der Waals surface area contributed by atoms with Gasteiger partial charge in [0.25, 0.3) is 5.91 Å². The van der Waals surface area contributed by atoms with Crippen LogP contribution in [0.3, 0.4) is 0 Å². The topological polar surface area (TPSA) is 61.4 Å². The number of para-hydroxylation sites is 1. The van der Waals surface area contributed by atoms with Crippen LogP contribution in [0.5, 0.6) is 0 Å². The molecule has 0 bridgehead atoms. The number of anilines is 2. The van der Waals surface area contributed by atoms with Gasteiger partial charge in [0.1, 0.15) is 0 Å². The Bertz CT molecular complexity index is 927. The molecule has 28 heavy (non-hydrogen) atoms. The van der Waals surface area contributed by atoms with E-state index in [2.05, 4.69) is 10.6 Å². The van der Waals surface area contributed by atoms with Gasteiger partial charge >= 0.3 is 6.03 Å². The van der Waals surface area contributed by atoms with Gasteiger partial charge in [-0.25, -0.2) is 4.79 Å². The van der Waals surface area contributed by atoms with Crippen molar-refractivity contribution in [3.8, 4) is 0 Å². The predicted molar refractivity (Wildman–Crippen MR) is 113 cm³/mol. The lowest BCUT2D eigenvalue weighted by molar-refractivity contribution is 0.0993. The van der Waals surface area contributed by atoms with Crippen molar-refractivity contribution >= 4 is 23.3 Å². The highest BCUT2D eigenvalue weighted by Gasteiger charge is 2.14. The summed E-state index contributed by atoms with van der Waals surface area (Å²) in [4.78, 5) is 26.4. The van der Waals surface area contributed by atoms with E-state index in [1.807, 2.05) is 60.7 Å². The Morgan fingerprint density at radius 2 is 1.54 bits per heavy atom. The van der Waals surface area contributed by atoms with Crippen molar-refractivity contribution in [2.45, 2.75) is 6.42 Å². The zero-order chi connectivity index (χ0) is 19.8. The number of hydrogen-bond donors (Lipinski definition) is 2. The molecule has 0 aromatic heterocycles. The second-order valence-electron chi connectivity index (χ2n) is 6.40. The Balaban J connectivity index is 1.56. The van der Waals surface area contributed by atoms with Crippen molar-refractivity contribution < 1.29 is 9.59 Å². The van der Waals surface area contributed by atoms with Crippen LogP contribution in [-0.4, -0.2) is 25.5 Å². The first-order valence-corrected chi connectivity index (χ1v) is 9.15. The number of rotatable bonds is 6. The van der Waals surface area contributed by atoms with E-state index in [-0.39, 0.29) is 11.9 Å². The maximum Gasteiger partial charge on any atom is 0.319 e. The number of urea groups is 1. The number of nitrogens with one attached hydrogen (secondary N) is 2. The van der Waals surface area contributed by atoms with Gasteiger partial charge in [-0.05, 0) is 42.3 Å². The van der Waals surface area contributed by atoms with E-state index in [1.165, 1.54) is 5.56 Å². The minimum Gasteiger partial charge on any atom is -0.338 e. The van der Waals surface area contributed by atoms with Gasteiger partial charge in [-0.2, -0.15) is 0 Å². The number of carbonyl (C=O) groups is 2. The van der Waals surface area contributed by atoms with Gasteiger partial charge in [-0.3, -0.25) is 4.79 Å². The van der Waals surface area contributed by atoms with Crippen molar-refractivity contribution in [3.05, 3.63) is 96.1 Å². The van der Waals surface area contributed by atoms with E-state index in [0.29, 0.717) is 17.8 Å². The molecule has 142 valence electrons. The zero-order valence-electron chi connectivity index (χ0n) is 15.8. The molecule has 0 fully saturated rings. The molecule has 0 saturated carbocycles. The molecule has 5 nitrogen and oxygen atoms in total. The third-order valence-electron chi connectivity index (χ3n) is 4.36. The second kappa shape index (κ2) is 9.37. The molecule has 0 unspecified atom stereocenters. The summed E-state index contributed by atoms with van der Waals surface area (Å²) in [6, 6.07) is 26.0. The standard InChI is InChI=1S/C23H23N3O2/c1-26(21-13-6-3-7-14-21)22(27)19-11-8-12-20(17-19)25-23(28)24-16-15-18-9-4-2-5-10-18/h2-14,17H,15-16H2,1H3,(H2,24,25,28). The predicted octanol–water partition coefficient (Wildman–Crippen LogP) is 4.33. The highest BCUT2D eigenvalue weighted by molar-refractivity contribution is 6.06. The first-order chi connectivity index (χ1) is 13.6. The molecule has 0 radical (unpaired) electrons. The highest BCUT2D eigenvalue weighted by Crippen LogP contribution is 2.17. The average molecular weight is 373 g/mol. The minimum absolute atomic E-state index is 0.140. The van der Waals surface area contributed by atoms with E-state index >= 15 is 0 Å². The molecular formula is C23H23N3O2. The van der Waals surface area contributed by atoms with E-state index in [4.69, 9.17) is 0 Å². The average Bonchev–Trinajstić information content (AvgIpc) is 2.74. The molecule has 0 spiro atoms. The lowest BCUT2D eigenvalue weighted by Gasteiger charge is -2.17. The van der Waals surface area contributed by atoms with Gasteiger partial charge in [0.05, 0.1) is 0 Å². The number of carbonyl (C=O) groups excluding carboxylic acids is 2. The number of benzene rings is 3. The first-order valence-electron chi connectivity index (χ1n) is 9.15. The summed E-state index contributed by atoms with van der Waals surface area (Å²) in [5.74, 6) is -0.140. The Morgan fingerprint density at radius 1 is 0.857 bits per heavy atom. The van der Waals surface area contributed by atoms with Crippen LogP contribution in [0.25, 0.3) is 0 Å². The summed E-state index contributed by atoms with van der Waals surface area (Å²) in [5.41, 5.74) is 3.06. The monoisotopic (exact) mass is 373 g/mol. The highest BCUT2D eigenvalue weighted by atomic mass is 16.2. The lowest BCUT2D eigenvalue weighted by atomic mass is 10.1. The van der Waals surface area contributed by atoms with Crippen molar-refractivity contribution in [2.24, 2.45) is 0 Å². The smallest absolute Gasteiger partial charge is 0.319 e. The quantitative estimate of drug-likeness (QED) is 0.676. The maximum atomic E-state index is 12.7. The van der Waals surface area contributed by atoms with Crippen LogP contribution in [0.15, 0.2) is 84.9 Å². The second-order valence-corrected chi connectivity index (χ2v) is 6.40. The summed E-state index contributed by atoms with van der Waals surface area (Å²) in [7, 11) is 1.73. The Labute approximate surface area is 165 Å². The fourth-order valence-corrected chi connectivity index (χ4v) is 2.83. The number of hydrogen-bond acceptors (Lipinski definition) is 2. The molecule has 0 aliphatic heterocycles. The van der Waals surface area contributed by atoms with Crippen LogP contribution in [0.1, 0.15) is 15.9 Å². The Morgan fingerprint density at radius 3 is 2.25 bits per heavy atom. The minimum atomic E-state index is -0.294. The normalized spacial score (nSPS) is 10.2. The fraction of sp³-hybridized carbons (Fsp3) is 0.130. The van der Waals surface area contributed by atoms with Gasteiger partial charge in [-0.15, -0.1) is 0 Å². The van der Waals surface area contributed by atoms with Crippen molar-refractivity contribution in [1.82, 2.24) is 5.32 Å². The van der Waals surface area contributed by atoms with Gasteiger partial charge in [0.2, 0.25) is 0 Å². The van der Waals surface area contributed by atoms with E-state index in [0.717, 1.165) is 12.1 Å². The molecule has 3 rings (SSSR count). The third-order valence-corrected chi connectivity index (χ3v) is 4.36. The van der Waals surface area contributed by atoms with Crippen LogP contribution < -0.4 is 15.5 Å². The van der Waals surface area contributed by atoms with Crippen molar-refractivity contribution in [2.75, 3.05) is 23.8 Å². The van der Waals surface area contributed by atoms with Gasteiger partial charge in [0.15, 0.2) is 0 Å². The summed E-state index contributed by atoms with van der Waals surface area (Å²) >= 11 is 0. The largest absolute Gasteiger partial charge is 0.338 e. The Kier molecular flexibility index (Phi) is 6.41. The summed E-state index contributed by atoms with van der Waals surface area (Å²) in [6.07, 6.45) is 0.759. The first kappa shape index (κ1) is 19.2. The van der Waals surface area contributed by atoms with Crippen molar-refractivity contribution in [3.63, 3.8) is 0 Å². The Hall–Kier alpha value is -3.60. The number of amides is 3. The zero-order valence-corrected chi connectivity index (χ0v) is 15.8. The van der Waals surface area contributed by atoms with Crippen LogP contribution in [0, 0.1) is 0 Å². The molecule has 3 aromatic carbocycles. The molecule has 3 aromatic rings. The molecule has 0 aliphatic rings. The third kappa shape index (κ3) is 5.20. The van der Waals surface area contributed by atoms with E-state index in [9.17, 15) is 9.59 Å². The molecule has 2 N–H and O–H groups in total. The van der Waals surface area contributed by atoms with Gasteiger partial charge in [0, 0.05) is 30.5 Å². The maximum absolute atomic E-state index is 12.7. The van der Waals surface area contributed by atoms with Crippen molar-refractivity contribution in [1.29, 1.82) is 0 Å². The molecule has 0 heterocycles. The van der Waals surface area contributed by atoms with E-state index in [1.54, 1.807) is 36.2 Å². The lowest BCUT2D eigenvalue weighted by Crippen LogP contribution is -2.30.